The number of fused-ring (bicyclic) bond motifs is 1. The van der Waals surface area contributed by atoms with E-state index in [0.29, 0.717) is 22.7 Å². The Kier molecular flexibility index (Phi) is 8.78. The zero-order valence-electron chi connectivity index (χ0n) is 25.2. The molecule has 222 valence electrons. The summed E-state index contributed by atoms with van der Waals surface area (Å²) in [7, 11) is 1.52. The number of urea groups is 1. The zero-order chi connectivity index (χ0) is 30.6. The summed E-state index contributed by atoms with van der Waals surface area (Å²) in [5.74, 6) is -0.138. The molecule has 0 atom stereocenters. The molecule has 4 N–H and O–H groups in total. The smallest absolute Gasteiger partial charge is 0.323 e. The molecule has 0 bridgehead atoms. The molecule has 0 saturated carbocycles. The monoisotopic (exact) mass is 577 g/mol. The number of aromatic nitrogens is 1. The Balaban J connectivity index is 1.41. The van der Waals surface area contributed by atoms with Crippen LogP contribution < -0.4 is 21.1 Å². The number of nitrogens with two attached hydrogens (primary N) is 1. The SMILES string of the molecule is COc1c(/C=C/C(N)=O)cc(C(C)(C)C)cc1NC(=O)Nc1ccc(-c2ccc(CN3CCCC3)nc2)c2ccccc12. The van der Waals surface area contributed by atoms with Gasteiger partial charge >= 0.3 is 6.03 Å². The fourth-order valence-corrected chi connectivity index (χ4v) is 5.48. The van der Waals surface area contributed by atoms with E-state index in [-0.39, 0.29) is 5.41 Å². The van der Waals surface area contributed by atoms with Crippen molar-refractivity contribution in [2.45, 2.75) is 45.6 Å². The van der Waals surface area contributed by atoms with Crippen LogP contribution in [-0.4, -0.2) is 42.0 Å². The molecule has 1 aliphatic heterocycles. The van der Waals surface area contributed by atoms with Gasteiger partial charge in [-0.15, -0.1) is 0 Å². The van der Waals surface area contributed by atoms with Crippen LogP contribution in [0.4, 0.5) is 16.2 Å². The van der Waals surface area contributed by atoms with Crippen LogP contribution >= 0.6 is 0 Å². The molecular weight excluding hydrogens is 538 g/mol. The molecule has 0 radical (unpaired) electrons. The molecule has 1 fully saturated rings. The molecule has 2 heterocycles. The van der Waals surface area contributed by atoms with E-state index in [1.165, 1.54) is 26.0 Å². The summed E-state index contributed by atoms with van der Waals surface area (Å²) in [6.07, 6.45) is 7.33. The van der Waals surface area contributed by atoms with Gasteiger partial charge < -0.3 is 21.1 Å². The van der Waals surface area contributed by atoms with Gasteiger partial charge in [0.05, 0.1) is 24.2 Å². The second kappa shape index (κ2) is 12.7. The Bertz CT molecular complexity index is 1670. The standard InChI is InChI=1S/C35H39N5O3/c1-35(2,3)25-19-23(12-16-32(36)41)33(43-4)31(20-25)39-34(42)38-30-15-14-27(28-9-5-6-10-29(28)30)24-11-13-26(37-21-24)22-40-17-7-8-18-40/h5-6,9-16,19-21H,7-8,17-18,22H2,1-4H3,(H2,36,41)(H2,38,39,42)/b16-12+. The van der Waals surface area contributed by atoms with Gasteiger partial charge in [0.2, 0.25) is 5.91 Å². The first-order valence-electron chi connectivity index (χ1n) is 14.6. The number of nitrogens with zero attached hydrogens (tertiary/aromatic N) is 2. The van der Waals surface area contributed by atoms with Gasteiger partial charge in [0, 0.05) is 35.3 Å². The number of hydrogen-bond donors (Lipinski definition) is 3. The molecule has 1 aromatic heterocycles. The highest BCUT2D eigenvalue weighted by atomic mass is 16.5. The molecule has 1 aliphatic rings. The van der Waals surface area contributed by atoms with Crippen molar-refractivity contribution in [1.82, 2.24) is 9.88 Å². The van der Waals surface area contributed by atoms with E-state index < -0.39 is 11.9 Å². The van der Waals surface area contributed by atoms with Crippen molar-refractivity contribution in [3.8, 4) is 16.9 Å². The number of methoxy groups -OCH3 is 1. The predicted octanol–water partition coefficient (Wildman–Crippen LogP) is 6.95. The van der Waals surface area contributed by atoms with Gasteiger partial charge in [-0.3, -0.25) is 14.7 Å². The quantitative estimate of drug-likeness (QED) is 0.196. The molecule has 1 saturated heterocycles. The summed E-state index contributed by atoms with van der Waals surface area (Å²) in [5.41, 5.74) is 11.0. The minimum Gasteiger partial charge on any atom is -0.494 e. The highest BCUT2D eigenvalue weighted by Gasteiger charge is 2.21. The lowest BCUT2D eigenvalue weighted by molar-refractivity contribution is -0.113. The van der Waals surface area contributed by atoms with Crippen molar-refractivity contribution in [2.24, 2.45) is 5.73 Å². The van der Waals surface area contributed by atoms with Gasteiger partial charge in [0.25, 0.3) is 0 Å². The van der Waals surface area contributed by atoms with Crippen molar-refractivity contribution in [2.75, 3.05) is 30.8 Å². The first-order valence-corrected chi connectivity index (χ1v) is 14.6. The topological polar surface area (TPSA) is 110 Å². The first kappa shape index (κ1) is 29.8. The third-order valence-electron chi connectivity index (χ3n) is 7.76. The van der Waals surface area contributed by atoms with Crippen LogP contribution in [0.5, 0.6) is 5.75 Å². The van der Waals surface area contributed by atoms with Gasteiger partial charge in [-0.1, -0.05) is 57.2 Å². The highest BCUT2D eigenvalue weighted by molar-refractivity contribution is 6.10. The van der Waals surface area contributed by atoms with Crippen LogP contribution in [0.2, 0.25) is 0 Å². The lowest BCUT2D eigenvalue weighted by Gasteiger charge is -2.23. The molecule has 43 heavy (non-hydrogen) atoms. The summed E-state index contributed by atoms with van der Waals surface area (Å²) in [4.78, 5) is 32.0. The Morgan fingerprint density at radius 1 is 0.977 bits per heavy atom. The summed E-state index contributed by atoms with van der Waals surface area (Å²) >= 11 is 0. The Labute approximate surface area is 252 Å². The summed E-state index contributed by atoms with van der Waals surface area (Å²) in [5, 5.41) is 7.91. The number of ether oxygens (including phenoxy) is 1. The van der Waals surface area contributed by atoms with E-state index in [1.807, 2.05) is 48.7 Å². The molecule has 4 aromatic rings. The molecule has 0 aliphatic carbocycles. The average Bonchev–Trinajstić information content (AvgIpc) is 3.49. The van der Waals surface area contributed by atoms with Crippen molar-refractivity contribution in [3.05, 3.63) is 89.8 Å². The van der Waals surface area contributed by atoms with Gasteiger partial charge in [-0.25, -0.2) is 4.79 Å². The normalized spacial score (nSPS) is 13.9. The molecular formula is C35H39N5O3. The summed E-state index contributed by atoms with van der Waals surface area (Å²) < 4.78 is 5.65. The molecule has 3 amide bonds. The molecule has 3 aromatic carbocycles. The van der Waals surface area contributed by atoms with Gasteiger partial charge in [0.1, 0.15) is 5.75 Å². The third-order valence-corrected chi connectivity index (χ3v) is 7.76. The maximum Gasteiger partial charge on any atom is 0.323 e. The van der Waals surface area contributed by atoms with E-state index in [2.05, 4.69) is 54.5 Å². The number of benzene rings is 3. The molecule has 0 spiro atoms. The molecule has 0 unspecified atom stereocenters. The Hall–Kier alpha value is -4.69. The minimum absolute atomic E-state index is 0.220. The van der Waals surface area contributed by atoms with Gasteiger partial charge in [-0.05, 0) is 78.2 Å². The summed E-state index contributed by atoms with van der Waals surface area (Å²) in [6.45, 7) is 9.38. The maximum atomic E-state index is 13.4. The largest absolute Gasteiger partial charge is 0.494 e. The minimum atomic E-state index is -0.570. The number of rotatable bonds is 8. The second-order valence-electron chi connectivity index (χ2n) is 11.9. The second-order valence-corrected chi connectivity index (χ2v) is 11.9. The zero-order valence-corrected chi connectivity index (χ0v) is 25.2. The first-order chi connectivity index (χ1) is 20.6. The number of primary amides is 1. The number of likely N-dealkylation sites (tertiary alicyclic amines) is 1. The van der Waals surface area contributed by atoms with Crippen molar-refractivity contribution >= 4 is 40.2 Å². The number of pyridine rings is 1. The number of hydrogen-bond acceptors (Lipinski definition) is 5. The Morgan fingerprint density at radius 2 is 1.70 bits per heavy atom. The average molecular weight is 578 g/mol. The van der Waals surface area contributed by atoms with E-state index in [1.54, 1.807) is 6.08 Å². The highest BCUT2D eigenvalue weighted by Crippen LogP contribution is 2.37. The number of carbonyl (C=O) groups is 2. The van der Waals surface area contributed by atoms with Crippen LogP contribution in [0.3, 0.4) is 0 Å². The number of nitrogens with one attached hydrogen (secondary N) is 2. The van der Waals surface area contributed by atoms with Crippen LogP contribution in [0.15, 0.2) is 72.9 Å². The molecule has 5 rings (SSSR count). The van der Waals surface area contributed by atoms with Crippen molar-refractivity contribution < 1.29 is 14.3 Å². The Morgan fingerprint density at radius 3 is 2.35 bits per heavy atom. The lowest BCUT2D eigenvalue weighted by Crippen LogP contribution is -2.21. The van der Waals surface area contributed by atoms with Gasteiger partial charge in [0.15, 0.2) is 0 Å². The van der Waals surface area contributed by atoms with E-state index in [9.17, 15) is 9.59 Å². The fraction of sp³-hybridized carbons (Fsp3) is 0.286. The van der Waals surface area contributed by atoms with Crippen LogP contribution in [0.1, 0.15) is 50.4 Å². The van der Waals surface area contributed by atoms with E-state index in [4.69, 9.17) is 15.5 Å². The van der Waals surface area contributed by atoms with E-state index >= 15 is 0 Å². The number of amides is 3. The van der Waals surface area contributed by atoms with Crippen LogP contribution in [0.25, 0.3) is 28.0 Å². The number of anilines is 2. The third kappa shape index (κ3) is 7.04. The van der Waals surface area contributed by atoms with E-state index in [0.717, 1.165) is 52.8 Å². The summed E-state index contributed by atoms with van der Waals surface area (Å²) in [6, 6.07) is 19.6. The van der Waals surface area contributed by atoms with Crippen LogP contribution in [0, 0.1) is 0 Å². The van der Waals surface area contributed by atoms with Crippen molar-refractivity contribution in [3.63, 3.8) is 0 Å². The maximum absolute atomic E-state index is 13.4. The predicted molar refractivity (Wildman–Crippen MR) is 174 cm³/mol. The fourth-order valence-electron chi connectivity index (χ4n) is 5.48. The molecule has 8 heteroatoms. The van der Waals surface area contributed by atoms with Gasteiger partial charge in [-0.2, -0.15) is 0 Å². The number of carbonyl (C=O) groups excluding carboxylic acids is 2. The molecule has 8 nitrogen and oxygen atoms in total. The lowest BCUT2D eigenvalue weighted by atomic mass is 9.85. The van der Waals surface area contributed by atoms with Crippen molar-refractivity contribution in [1.29, 1.82) is 0 Å². The van der Waals surface area contributed by atoms with Crippen LogP contribution in [-0.2, 0) is 16.8 Å².